The molecule has 0 bridgehead atoms. The second-order valence-corrected chi connectivity index (χ2v) is 7.65. The number of aromatic nitrogens is 1. The van der Waals surface area contributed by atoms with Crippen molar-refractivity contribution < 1.29 is 19.1 Å². The molecule has 0 spiro atoms. The average Bonchev–Trinajstić information content (AvgIpc) is 3.26. The quantitative estimate of drug-likeness (QED) is 0.527. The van der Waals surface area contributed by atoms with Crippen LogP contribution in [-0.4, -0.2) is 38.1 Å². The highest BCUT2D eigenvalue weighted by molar-refractivity contribution is 7.14. The van der Waals surface area contributed by atoms with Gasteiger partial charge in [-0.05, 0) is 36.8 Å². The summed E-state index contributed by atoms with van der Waals surface area (Å²) >= 11 is 1.33. The molecular formula is C23H25N3O4S. The molecule has 0 atom stereocenters. The van der Waals surface area contributed by atoms with Gasteiger partial charge in [-0.1, -0.05) is 18.2 Å². The van der Waals surface area contributed by atoms with E-state index in [0.29, 0.717) is 35.2 Å². The van der Waals surface area contributed by atoms with E-state index in [-0.39, 0.29) is 18.2 Å². The second kappa shape index (κ2) is 10.6. The Kier molecular flexibility index (Phi) is 7.61. The normalized spacial score (nSPS) is 10.4. The predicted molar refractivity (Wildman–Crippen MR) is 123 cm³/mol. The van der Waals surface area contributed by atoms with Crippen LogP contribution < -0.4 is 19.7 Å². The number of thiazole rings is 1. The molecule has 7 nitrogen and oxygen atoms in total. The Balaban J connectivity index is 1.53. The number of benzene rings is 2. The van der Waals surface area contributed by atoms with Gasteiger partial charge in [0.1, 0.15) is 11.5 Å². The molecule has 1 aromatic heterocycles. The van der Waals surface area contributed by atoms with Crippen LogP contribution in [0, 0.1) is 0 Å². The van der Waals surface area contributed by atoms with Gasteiger partial charge in [0.25, 0.3) is 0 Å². The van der Waals surface area contributed by atoms with Gasteiger partial charge in [-0.15, -0.1) is 11.3 Å². The molecule has 1 N–H and O–H groups in total. The van der Waals surface area contributed by atoms with E-state index in [1.165, 1.54) is 11.3 Å². The van der Waals surface area contributed by atoms with Crippen molar-refractivity contribution in [2.24, 2.45) is 0 Å². The molecule has 0 aliphatic heterocycles. The van der Waals surface area contributed by atoms with E-state index in [4.69, 9.17) is 9.47 Å². The summed E-state index contributed by atoms with van der Waals surface area (Å²) < 4.78 is 10.7. The van der Waals surface area contributed by atoms with Crippen molar-refractivity contribution >= 4 is 34.0 Å². The van der Waals surface area contributed by atoms with Gasteiger partial charge in [-0.2, -0.15) is 0 Å². The Morgan fingerprint density at radius 2 is 1.84 bits per heavy atom. The molecule has 3 rings (SSSR count). The smallest absolute Gasteiger partial charge is 0.226 e. The van der Waals surface area contributed by atoms with Crippen LogP contribution in [0.15, 0.2) is 53.9 Å². The number of hydrogen-bond donors (Lipinski definition) is 1. The van der Waals surface area contributed by atoms with Crippen LogP contribution in [0.4, 0.5) is 10.8 Å². The zero-order chi connectivity index (χ0) is 22.2. The molecule has 31 heavy (non-hydrogen) atoms. The van der Waals surface area contributed by atoms with Gasteiger partial charge in [-0.3, -0.25) is 9.59 Å². The van der Waals surface area contributed by atoms with Crippen molar-refractivity contribution in [2.45, 2.75) is 19.3 Å². The van der Waals surface area contributed by atoms with Gasteiger partial charge < -0.3 is 19.7 Å². The molecule has 162 valence electrons. The van der Waals surface area contributed by atoms with Crippen LogP contribution in [0.25, 0.3) is 11.3 Å². The highest BCUT2D eigenvalue weighted by Gasteiger charge is 2.14. The summed E-state index contributed by atoms with van der Waals surface area (Å²) in [6.07, 6.45) is 0.998. The zero-order valence-corrected chi connectivity index (χ0v) is 18.6. The Morgan fingerprint density at radius 1 is 1.06 bits per heavy atom. The Bertz CT molecular complexity index is 1040. The zero-order valence-electron chi connectivity index (χ0n) is 17.8. The highest BCUT2D eigenvalue weighted by Crippen LogP contribution is 2.35. The number of ether oxygens (including phenoxy) is 2. The lowest BCUT2D eigenvalue weighted by atomic mass is 10.1. The first kappa shape index (κ1) is 22.3. The van der Waals surface area contributed by atoms with Crippen molar-refractivity contribution in [1.82, 2.24) is 4.98 Å². The largest absolute Gasteiger partial charge is 0.497 e. The summed E-state index contributed by atoms with van der Waals surface area (Å²) in [6, 6.07) is 14.9. The number of anilines is 2. The first-order chi connectivity index (χ1) is 15.0. The van der Waals surface area contributed by atoms with Crippen LogP contribution >= 0.6 is 11.3 Å². The Morgan fingerprint density at radius 3 is 2.55 bits per heavy atom. The topological polar surface area (TPSA) is 80.8 Å². The van der Waals surface area contributed by atoms with Crippen molar-refractivity contribution in [1.29, 1.82) is 0 Å². The van der Waals surface area contributed by atoms with Crippen LogP contribution in [0.1, 0.15) is 19.3 Å². The third-order valence-corrected chi connectivity index (χ3v) is 5.50. The lowest BCUT2D eigenvalue weighted by Crippen LogP contribution is -2.26. The number of para-hydroxylation sites is 1. The minimum atomic E-state index is -0.173. The summed E-state index contributed by atoms with van der Waals surface area (Å²) in [5.74, 6) is 1.17. The van der Waals surface area contributed by atoms with Gasteiger partial charge in [0.05, 0.1) is 19.9 Å². The van der Waals surface area contributed by atoms with Crippen molar-refractivity contribution in [3.63, 3.8) is 0 Å². The molecule has 0 radical (unpaired) electrons. The molecule has 3 aromatic rings. The molecule has 2 amide bonds. The number of methoxy groups -OCH3 is 2. The first-order valence-electron chi connectivity index (χ1n) is 9.81. The summed E-state index contributed by atoms with van der Waals surface area (Å²) in [4.78, 5) is 30.7. The number of amides is 2. The van der Waals surface area contributed by atoms with E-state index in [2.05, 4.69) is 10.3 Å². The summed E-state index contributed by atoms with van der Waals surface area (Å²) in [5.41, 5.74) is 2.31. The summed E-state index contributed by atoms with van der Waals surface area (Å²) in [6.45, 7) is 0. The molecule has 0 aliphatic carbocycles. The summed E-state index contributed by atoms with van der Waals surface area (Å²) in [7, 11) is 4.93. The van der Waals surface area contributed by atoms with Gasteiger partial charge in [0, 0.05) is 36.5 Å². The van der Waals surface area contributed by atoms with E-state index < -0.39 is 0 Å². The lowest BCUT2D eigenvalue weighted by molar-refractivity contribution is -0.118. The van der Waals surface area contributed by atoms with Gasteiger partial charge in [0.15, 0.2) is 5.13 Å². The van der Waals surface area contributed by atoms with Gasteiger partial charge in [0.2, 0.25) is 11.8 Å². The van der Waals surface area contributed by atoms with Crippen LogP contribution in [0.2, 0.25) is 0 Å². The van der Waals surface area contributed by atoms with E-state index >= 15 is 0 Å². The number of nitrogens with zero attached hydrogens (tertiary/aromatic N) is 2. The van der Waals surface area contributed by atoms with Gasteiger partial charge in [-0.25, -0.2) is 4.98 Å². The fourth-order valence-electron chi connectivity index (χ4n) is 3.01. The van der Waals surface area contributed by atoms with Crippen molar-refractivity contribution in [3.8, 4) is 22.8 Å². The summed E-state index contributed by atoms with van der Waals surface area (Å²) in [5, 5.41) is 5.15. The van der Waals surface area contributed by atoms with Crippen LogP contribution in [-0.2, 0) is 9.59 Å². The molecule has 2 aromatic carbocycles. The number of carbonyl (C=O) groups is 2. The standard InChI is InChI=1S/C23H25N3O4S/c1-26(16-8-5-4-6-9-16)22(28)11-7-10-21(27)25-23-24-19(15-31-23)18-14-17(29-2)12-13-20(18)30-3/h4-6,8-9,12-15H,7,10-11H2,1-3H3,(H,24,25,27). The molecule has 8 heteroatoms. The Labute approximate surface area is 185 Å². The minimum absolute atomic E-state index is 0.0272. The van der Waals surface area contributed by atoms with Crippen LogP contribution in [0.5, 0.6) is 11.5 Å². The number of nitrogens with one attached hydrogen (secondary N) is 1. The van der Waals surface area contributed by atoms with Crippen LogP contribution in [0.3, 0.4) is 0 Å². The highest BCUT2D eigenvalue weighted by atomic mass is 32.1. The third kappa shape index (κ3) is 5.82. The maximum Gasteiger partial charge on any atom is 0.226 e. The Hall–Kier alpha value is -3.39. The fourth-order valence-corrected chi connectivity index (χ4v) is 3.74. The number of carbonyl (C=O) groups excluding carboxylic acids is 2. The molecule has 0 unspecified atom stereocenters. The first-order valence-corrected chi connectivity index (χ1v) is 10.7. The second-order valence-electron chi connectivity index (χ2n) is 6.79. The molecule has 0 saturated heterocycles. The predicted octanol–water partition coefficient (Wildman–Crippen LogP) is 4.60. The fraction of sp³-hybridized carbons (Fsp3) is 0.261. The lowest BCUT2D eigenvalue weighted by Gasteiger charge is -2.17. The van der Waals surface area contributed by atoms with E-state index in [1.807, 2.05) is 53.9 Å². The SMILES string of the molecule is COc1ccc(OC)c(-c2csc(NC(=O)CCCC(=O)N(C)c3ccccc3)n2)c1. The maximum absolute atomic E-state index is 12.3. The third-order valence-electron chi connectivity index (χ3n) is 4.75. The molecule has 0 aliphatic rings. The van der Waals surface area contributed by atoms with Gasteiger partial charge >= 0.3 is 0 Å². The molecule has 1 heterocycles. The number of rotatable bonds is 9. The minimum Gasteiger partial charge on any atom is -0.497 e. The maximum atomic E-state index is 12.3. The monoisotopic (exact) mass is 439 g/mol. The molecule has 0 fully saturated rings. The van der Waals surface area contributed by atoms with Crippen molar-refractivity contribution in [2.75, 3.05) is 31.5 Å². The van der Waals surface area contributed by atoms with E-state index in [0.717, 1.165) is 11.3 Å². The number of hydrogen-bond acceptors (Lipinski definition) is 6. The van der Waals surface area contributed by atoms with E-state index in [9.17, 15) is 9.59 Å². The van der Waals surface area contributed by atoms with E-state index in [1.54, 1.807) is 26.2 Å². The molecular weight excluding hydrogens is 414 g/mol. The average molecular weight is 440 g/mol. The molecule has 0 saturated carbocycles. The van der Waals surface area contributed by atoms with Crippen molar-refractivity contribution in [3.05, 3.63) is 53.9 Å².